The lowest BCUT2D eigenvalue weighted by atomic mass is 10.1. The predicted molar refractivity (Wildman–Crippen MR) is 79.8 cm³/mol. The number of nitrogens with one attached hydrogen (secondary N) is 1. The number of hydrogen-bond donors (Lipinski definition) is 2. The maximum Gasteiger partial charge on any atom is 0.240 e. The molecule has 1 aromatic carbocycles. The predicted octanol–water partition coefficient (Wildman–Crippen LogP) is 3.17. The Kier molecular flexibility index (Phi) is 6.10. The molecule has 1 atom stereocenters. The number of hydrogen-bond acceptors (Lipinski definition) is 3. The lowest BCUT2D eigenvalue weighted by Gasteiger charge is -2.14. The van der Waals surface area contributed by atoms with Gasteiger partial charge in [-0.05, 0) is 31.5 Å². The molecule has 1 unspecified atom stereocenters. The number of unbranched alkanes of at least 4 members (excludes halogenated alkanes) is 2. The Morgan fingerprint density at radius 2 is 2.05 bits per heavy atom. The van der Waals surface area contributed by atoms with Crippen molar-refractivity contribution in [1.82, 2.24) is 4.72 Å². The third-order valence-corrected chi connectivity index (χ3v) is 4.81. The van der Waals surface area contributed by atoms with Crippen molar-refractivity contribution in [2.75, 3.05) is 5.73 Å². The summed E-state index contributed by atoms with van der Waals surface area (Å²) < 4.78 is 26.9. The summed E-state index contributed by atoms with van der Waals surface area (Å²) in [4.78, 5) is 0.150. The summed E-state index contributed by atoms with van der Waals surface area (Å²) in [5, 5.41) is 0.356. The molecule has 1 rings (SSSR count). The van der Waals surface area contributed by atoms with Crippen molar-refractivity contribution in [1.29, 1.82) is 0 Å². The summed E-state index contributed by atoms with van der Waals surface area (Å²) in [6.07, 6.45) is 4.08. The molecular weight excluding hydrogens is 284 g/mol. The van der Waals surface area contributed by atoms with E-state index in [0.29, 0.717) is 5.02 Å². The number of sulfonamides is 1. The minimum absolute atomic E-state index is 0.0894. The van der Waals surface area contributed by atoms with Crippen molar-refractivity contribution in [3.8, 4) is 0 Å². The summed E-state index contributed by atoms with van der Waals surface area (Å²) in [6, 6.07) is 4.24. The van der Waals surface area contributed by atoms with Crippen LogP contribution >= 0.6 is 11.6 Å². The van der Waals surface area contributed by atoms with E-state index in [1.807, 2.05) is 6.92 Å². The summed E-state index contributed by atoms with van der Waals surface area (Å²) in [7, 11) is -3.52. The summed E-state index contributed by atoms with van der Waals surface area (Å²) >= 11 is 5.78. The van der Waals surface area contributed by atoms with Crippen LogP contribution in [0.2, 0.25) is 5.02 Å². The third-order valence-electron chi connectivity index (χ3n) is 2.87. The molecule has 0 radical (unpaired) electrons. The molecule has 4 nitrogen and oxygen atoms in total. The molecule has 0 aromatic heterocycles. The van der Waals surface area contributed by atoms with E-state index in [9.17, 15) is 8.42 Å². The van der Waals surface area contributed by atoms with Crippen molar-refractivity contribution in [2.24, 2.45) is 0 Å². The standard InChI is InChI=1S/C13H21ClN2O2S/c1-3-4-5-6-10(2)16-19(17,18)11-7-8-12(14)13(15)9-11/h7-10,16H,3-6,15H2,1-2H3. The van der Waals surface area contributed by atoms with E-state index >= 15 is 0 Å². The Hall–Kier alpha value is -0.780. The number of nitrogen functional groups attached to an aromatic ring is 1. The first-order valence-electron chi connectivity index (χ1n) is 6.44. The maximum atomic E-state index is 12.1. The van der Waals surface area contributed by atoms with E-state index in [1.165, 1.54) is 18.2 Å². The molecule has 108 valence electrons. The van der Waals surface area contributed by atoms with Gasteiger partial charge in [0.05, 0.1) is 15.6 Å². The van der Waals surface area contributed by atoms with Gasteiger partial charge in [-0.2, -0.15) is 0 Å². The van der Waals surface area contributed by atoms with Crippen LogP contribution in [-0.2, 0) is 10.0 Å². The average molecular weight is 305 g/mol. The van der Waals surface area contributed by atoms with Crippen LogP contribution < -0.4 is 10.5 Å². The van der Waals surface area contributed by atoms with Crippen LogP contribution in [0, 0.1) is 0 Å². The Morgan fingerprint density at radius 3 is 2.63 bits per heavy atom. The first-order chi connectivity index (χ1) is 8.86. The smallest absolute Gasteiger partial charge is 0.240 e. The molecule has 0 spiro atoms. The molecule has 1 aromatic rings. The van der Waals surface area contributed by atoms with Gasteiger partial charge in [-0.15, -0.1) is 0 Å². The van der Waals surface area contributed by atoms with Gasteiger partial charge in [0.15, 0.2) is 0 Å². The molecule has 3 N–H and O–H groups in total. The lowest BCUT2D eigenvalue weighted by Crippen LogP contribution is -2.32. The molecule has 0 aliphatic carbocycles. The van der Waals surface area contributed by atoms with E-state index in [4.69, 9.17) is 17.3 Å². The molecule has 0 bridgehead atoms. The van der Waals surface area contributed by atoms with Crippen LogP contribution in [0.1, 0.15) is 39.5 Å². The minimum Gasteiger partial charge on any atom is -0.397 e. The number of rotatable bonds is 7. The molecule has 0 fully saturated rings. The van der Waals surface area contributed by atoms with Gasteiger partial charge in [0.2, 0.25) is 10.0 Å². The van der Waals surface area contributed by atoms with Gasteiger partial charge in [-0.25, -0.2) is 13.1 Å². The molecule has 0 saturated heterocycles. The van der Waals surface area contributed by atoms with E-state index in [-0.39, 0.29) is 16.6 Å². The second kappa shape index (κ2) is 7.12. The molecule has 0 aliphatic rings. The Balaban J connectivity index is 2.72. The Morgan fingerprint density at radius 1 is 1.37 bits per heavy atom. The first kappa shape index (κ1) is 16.3. The van der Waals surface area contributed by atoms with Crippen molar-refractivity contribution < 1.29 is 8.42 Å². The van der Waals surface area contributed by atoms with Gasteiger partial charge in [0.25, 0.3) is 0 Å². The minimum atomic E-state index is -3.52. The molecule has 0 aliphatic heterocycles. The van der Waals surface area contributed by atoms with Crippen LogP contribution in [0.15, 0.2) is 23.1 Å². The summed E-state index contributed by atoms with van der Waals surface area (Å²) in [5.41, 5.74) is 5.89. The van der Waals surface area contributed by atoms with E-state index in [2.05, 4.69) is 11.6 Å². The summed E-state index contributed by atoms with van der Waals surface area (Å²) in [6.45, 7) is 3.98. The van der Waals surface area contributed by atoms with Gasteiger partial charge < -0.3 is 5.73 Å². The van der Waals surface area contributed by atoms with E-state index in [0.717, 1.165) is 25.7 Å². The fourth-order valence-corrected chi connectivity index (χ4v) is 3.21. The molecule has 0 amide bonds. The number of halogens is 1. The normalized spacial score (nSPS) is 13.4. The Labute approximate surface area is 120 Å². The van der Waals surface area contributed by atoms with Gasteiger partial charge in [-0.3, -0.25) is 0 Å². The number of anilines is 1. The SMILES string of the molecule is CCCCCC(C)NS(=O)(=O)c1ccc(Cl)c(N)c1. The zero-order valence-electron chi connectivity index (χ0n) is 11.3. The number of benzene rings is 1. The quantitative estimate of drug-likeness (QED) is 0.600. The molecular formula is C13H21ClN2O2S. The topological polar surface area (TPSA) is 72.2 Å². The van der Waals surface area contributed by atoms with Crippen LogP contribution in [-0.4, -0.2) is 14.5 Å². The van der Waals surface area contributed by atoms with Crippen LogP contribution in [0.25, 0.3) is 0 Å². The van der Waals surface area contributed by atoms with Crippen LogP contribution in [0.3, 0.4) is 0 Å². The van der Waals surface area contributed by atoms with E-state index in [1.54, 1.807) is 0 Å². The molecule has 6 heteroatoms. The van der Waals surface area contributed by atoms with Gasteiger partial charge in [0, 0.05) is 6.04 Å². The largest absolute Gasteiger partial charge is 0.397 e. The van der Waals surface area contributed by atoms with Crippen LogP contribution in [0.4, 0.5) is 5.69 Å². The van der Waals surface area contributed by atoms with Crippen molar-refractivity contribution in [3.63, 3.8) is 0 Å². The fraction of sp³-hybridized carbons (Fsp3) is 0.538. The highest BCUT2D eigenvalue weighted by Crippen LogP contribution is 2.22. The highest BCUT2D eigenvalue weighted by atomic mass is 35.5. The second-order valence-electron chi connectivity index (χ2n) is 4.70. The monoisotopic (exact) mass is 304 g/mol. The lowest BCUT2D eigenvalue weighted by molar-refractivity contribution is 0.527. The van der Waals surface area contributed by atoms with E-state index < -0.39 is 10.0 Å². The first-order valence-corrected chi connectivity index (χ1v) is 8.30. The molecule has 19 heavy (non-hydrogen) atoms. The highest BCUT2D eigenvalue weighted by Gasteiger charge is 2.17. The molecule has 0 heterocycles. The highest BCUT2D eigenvalue weighted by molar-refractivity contribution is 7.89. The zero-order valence-corrected chi connectivity index (χ0v) is 12.9. The van der Waals surface area contributed by atoms with Gasteiger partial charge >= 0.3 is 0 Å². The van der Waals surface area contributed by atoms with Crippen molar-refractivity contribution >= 4 is 27.3 Å². The third kappa shape index (κ3) is 5.01. The van der Waals surface area contributed by atoms with Crippen LogP contribution in [0.5, 0.6) is 0 Å². The van der Waals surface area contributed by atoms with Gasteiger partial charge in [-0.1, -0.05) is 37.8 Å². The summed E-state index contributed by atoms with van der Waals surface area (Å²) in [5.74, 6) is 0. The molecule has 0 saturated carbocycles. The van der Waals surface area contributed by atoms with Crippen molar-refractivity contribution in [2.45, 2.75) is 50.5 Å². The second-order valence-corrected chi connectivity index (χ2v) is 6.82. The fourth-order valence-electron chi connectivity index (χ4n) is 1.78. The average Bonchev–Trinajstić information content (AvgIpc) is 2.32. The maximum absolute atomic E-state index is 12.1. The zero-order chi connectivity index (χ0) is 14.5. The van der Waals surface area contributed by atoms with Crippen molar-refractivity contribution in [3.05, 3.63) is 23.2 Å². The Bertz CT molecular complexity index is 517. The van der Waals surface area contributed by atoms with Gasteiger partial charge in [0.1, 0.15) is 0 Å². The number of nitrogens with two attached hydrogens (primary N) is 1.